The monoisotopic (exact) mass is 419 g/mol. The highest BCUT2D eigenvalue weighted by atomic mass is 35.5. The lowest BCUT2D eigenvalue weighted by Crippen LogP contribution is -2.35. The lowest BCUT2D eigenvalue weighted by Gasteiger charge is -2.27. The highest BCUT2D eigenvalue weighted by Crippen LogP contribution is 2.30. The van der Waals surface area contributed by atoms with Crippen molar-refractivity contribution < 1.29 is 13.2 Å². The number of aromatic amines is 1. The van der Waals surface area contributed by atoms with Crippen molar-refractivity contribution >= 4 is 11.6 Å². The average molecular weight is 420 g/mol. The van der Waals surface area contributed by atoms with E-state index >= 15 is 0 Å². The maximum absolute atomic E-state index is 12.7. The molecule has 2 heterocycles. The molecule has 8 heteroatoms. The number of benzene rings is 2. The summed E-state index contributed by atoms with van der Waals surface area (Å²) in [4.78, 5) is 22.0. The van der Waals surface area contributed by atoms with E-state index < -0.39 is 11.7 Å². The van der Waals surface area contributed by atoms with Crippen LogP contribution in [-0.2, 0) is 25.7 Å². The Kier molecular flexibility index (Phi) is 5.19. The van der Waals surface area contributed by atoms with E-state index in [0.717, 1.165) is 24.2 Å². The van der Waals surface area contributed by atoms with Crippen molar-refractivity contribution in [3.8, 4) is 11.4 Å². The lowest BCUT2D eigenvalue weighted by atomic mass is 10.0. The van der Waals surface area contributed by atoms with Crippen LogP contribution in [0.25, 0.3) is 11.4 Å². The van der Waals surface area contributed by atoms with Crippen molar-refractivity contribution in [2.24, 2.45) is 0 Å². The van der Waals surface area contributed by atoms with E-state index in [-0.39, 0.29) is 11.4 Å². The predicted octanol–water partition coefficient (Wildman–Crippen LogP) is 4.67. The van der Waals surface area contributed by atoms with Gasteiger partial charge in [-0.15, -0.1) is 0 Å². The van der Waals surface area contributed by atoms with Gasteiger partial charge in [0.05, 0.1) is 16.8 Å². The predicted molar refractivity (Wildman–Crippen MR) is 105 cm³/mol. The summed E-state index contributed by atoms with van der Waals surface area (Å²) in [7, 11) is 0. The summed E-state index contributed by atoms with van der Waals surface area (Å²) in [5.41, 5.74) is 1.78. The molecule has 1 aliphatic rings. The summed E-state index contributed by atoms with van der Waals surface area (Å²) in [5, 5.41) is 0.667. The van der Waals surface area contributed by atoms with Crippen LogP contribution < -0.4 is 5.56 Å². The second kappa shape index (κ2) is 7.65. The number of hydrogen-bond acceptors (Lipinski definition) is 3. The first kappa shape index (κ1) is 19.7. The molecule has 0 bridgehead atoms. The van der Waals surface area contributed by atoms with Gasteiger partial charge < -0.3 is 4.98 Å². The molecule has 3 aromatic rings. The fourth-order valence-corrected chi connectivity index (χ4v) is 3.68. The molecule has 2 aromatic carbocycles. The second-order valence-electron chi connectivity index (χ2n) is 7.01. The van der Waals surface area contributed by atoms with Crippen molar-refractivity contribution in [2.75, 3.05) is 6.54 Å². The third kappa shape index (κ3) is 4.36. The summed E-state index contributed by atoms with van der Waals surface area (Å²) in [6, 6.07) is 12.2. The molecule has 4 rings (SSSR count). The van der Waals surface area contributed by atoms with Crippen LogP contribution in [0, 0.1) is 0 Å². The van der Waals surface area contributed by atoms with Gasteiger partial charge in [-0.25, -0.2) is 4.98 Å². The van der Waals surface area contributed by atoms with E-state index in [2.05, 4.69) is 14.9 Å². The van der Waals surface area contributed by atoms with Gasteiger partial charge in [0.1, 0.15) is 5.82 Å². The first-order chi connectivity index (χ1) is 13.8. The second-order valence-corrected chi connectivity index (χ2v) is 7.44. The van der Waals surface area contributed by atoms with E-state index in [4.69, 9.17) is 11.6 Å². The fraction of sp³-hybridized carbons (Fsp3) is 0.238. The Balaban J connectivity index is 1.56. The molecule has 0 spiro atoms. The molecule has 0 amide bonds. The molecule has 1 aliphatic heterocycles. The number of rotatable bonds is 3. The van der Waals surface area contributed by atoms with Crippen LogP contribution in [-0.4, -0.2) is 21.4 Å². The summed E-state index contributed by atoms with van der Waals surface area (Å²) in [6.07, 6.45) is -3.81. The average Bonchev–Trinajstić information content (AvgIpc) is 2.68. The fourth-order valence-electron chi connectivity index (χ4n) is 3.46. The smallest absolute Gasteiger partial charge is 0.306 e. The number of halogens is 4. The standard InChI is InChI=1S/C21H17ClF3N3O/c22-16-3-1-2-13(10-16)11-28-9-8-18-17(12-28)20(29)27-19(26-18)14-4-6-15(7-5-14)21(23,24)25/h1-7,10H,8-9,11-12H2,(H,26,27,29). The van der Waals surface area contributed by atoms with Gasteiger partial charge in [-0.2, -0.15) is 13.2 Å². The van der Waals surface area contributed by atoms with Crippen molar-refractivity contribution in [1.29, 1.82) is 0 Å². The lowest BCUT2D eigenvalue weighted by molar-refractivity contribution is -0.137. The molecule has 0 unspecified atom stereocenters. The Morgan fingerprint density at radius 1 is 1.14 bits per heavy atom. The van der Waals surface area contributed by atoms with Crippen LogP contribution in [0.4, 0.5) is 13.2 Å². The topological polar surface area (TPSA) is 49.0 Å². The van der Waals surface area contributed by atoms with E-state index in [0.29, 0.717) is 41.4 Å². The quantitative estimate of drug-likeness (QED) is 0.671. The molecule has 150 valence electrons. The SMILES string of the molecule is O=c1[nH]c(-c2ccc(C(F)(F)F)cc2)nc2c1CN(Cc1cccc(Cl)c1)CC2. The van der Waals surface area contributed by atoms with Crippen molar-refractivity contribution in [1.82, 2.24) is 14.9 Å². The summed E-state index contributed by atoms with van der Waals surface area (Å²) >= 11 is 6.03. The zero-order chi connectivity index (χ0) is 20.6. The van der Waals surface area contributed by atoms with E-state index in [1.807, 2.05) is 24.3 Å². The molecular weight excluding hydrogens is 403 g/mol. The third-order valence-electron chi connectivity index (χ3n) is 4.93. The third-order valence-corrected chi connectivity index (χ3v) is 5.16. The minimum atomic E-state index is -4.40. The van der Waals surface area contributed by atoms with Crippen molar-refractivity contribution in [3.05, 3.63) is 86.3 Å². The number of H-pyrrole nitrogens is 1. The number of fused-ring (bicyclic) bond motifs is 1. The van der Waals surface area contributed by atoms with Crippen molar-refractivity contribution in [2.45, 2.75) is 25.7 Å². The Morgan fingerprint density at radius 3 is 2.59 bits per heavy atom. The molecule has 0 radical (unpaired) electrons. The molecule has 0 atom stereocenters. The first-order valence-corrected chi connectivity index (χ1v) is 9.44. The minimum Gasteiger partial charge on any atom is -0.306 e. The first-order valence-electron chi connectivity index (χ1n) is 9.06. The highest BCUT2D eigenvalue weighted by molar-refractivity contribution is 6.30. The van der Waals surface area contributed by atoms with Crippen LogP contribution >= 0.6 is 11.6 Å². The highest BCUT2D eigenvalue weighted by Gasteiger charge is 2.30. The van der Waals surface area contributed by atoms with Gasteiger partial charge in [0, 0.05) is 36.6 Å². The largest absolute Gasteiger partial charge is 0.416 e. The van der Waals surface area contributed by atoms with E-state index in [1.54, 1.807) is 0 Å². The minimum absolute atomic E-state index is 0.263. The summed E-state index contributed by atoms with van der Waals surface area (Å²) in [5.74, 6) is 0.283. The molecule has 0 fully saturated rings. The van der Waals surface area contributed by atoms with Crippen LogP contribution in [0.5, 0.6) is 0 Å². The van der Waals surface area contributed by atoms with Gasteiger partial charge in [-0.1, -0.05) is 35.9 Å². The molecule has 0 saturated carbocycles. The van der Waals surface area contributed by atoms with Gasteiger partial charge in [-0.05, 0) is 29.8 Å². The van der Waals surface area contributed by atoms with Gasteiger partial charge in [-0.3, -0.25) is 9.69 Å². The van der Waals surface area contributed by atoms with Gasteiger partial charge in [0.25, 0.3) is 5.56 Å². The van der Waals surface area contributed by atoms with E-state index in [1.165, 1.54) is 12.1 Å². The van der Waals surface area contributed by atoms with Gasteiger partial charge >= 0.3 is 6.18 Å². The van der Waals surface area contributed by atoms with Crippen LogP contribution in [0.15, 0.2) is 53.3 Å². The van der Waals surface area contributed by atoms with Crippen LogP contribution in [0.3, 0.4) is 0 Å². The number of alkyl halides is 3. The molecule has 0 aliphatic carbocycles. The molecular formula is C21H17ClF3N3O. The molecule has 29 heavy (non-hydrogen) atoms. The Morgan fingerprint density at radius 2 is 1.90 bits per heavy atom. The van der Waals surface area contributed by atoms with Crippen molar-refractivity contribution in [3.63, 3.8) is 0 Å². The van der Waals surface area contributed by atoms with Gasteiger partial charge in [0.2, 0.25) is 0 Å². The number of aromatic nitrogens is 2. The summed E-state index contributed by atoms with van der Waals surface area (Å²) < 4.78 is 38.2. The molecule has 4 nitrogen and oxygen atoms in total. The summed E-state index contributed by atoms with van der Waals surface area (Å²) in [6.45, 7) is 1.85. The number of hydrogen-bond donors (Lipinski definition) is 1. The maximum atomic E-state index is 12.7. The molecule has 1 N–H and O–H groups in total. The number of nitrogens with zero attached hydrogens (tertiary/aromatic N) is 2. The maximum Gasteiger partial charge on any atom is 0.416 e. The Labute approximate surface area is 170 Å². The Hall–Kier alpha value is -2.64. The van der Waals surface area contributed by atoms with Crippen LogP contribution in [0.2, 0.25) is 5.02 Å². The normalized spacial score (nSPS) is 14.6. The molecule has 1 aromatic heterocycles. The number of nitrogens with one attached hydrogen (secondary N) is 1. The van der Waals surface area contributed by atoms with E-state index in [9.17, 15) is 18.0 Å². The zero-order valence-electron chi connectivity index (χ0n) is 15.3. The zero-order valence-corrected chi connectivity index (χ0v) is 16.0. The van der Waals surface area contributed by atoms with Crippen LogP contribution in [0.1, 0.15) is 22.4 Å². The van der Waals surface area contributed by atoms with Gasteiger partial charge in [0.15, 0.2) is 0 Å². The molecule has 0 saturated heterocycles. The Bertz CT molecular complexity index is 1090.